The fourth-order valence-electron chi connectivity index (χ4n) is 2.68. The normalized spacial score (nSPS) is 20.3. The fraction of sp³-hybridized carbons (Fsp3) is 0.556. The minimum absolute atomic E-state index is 0.107. The van der Waals surface area contributed by atoms with Crippen LogP contribution in [-0.2, 0) is 14.3 Å². The van der Waals surface area contributed by atoms with E-state index < -0.39 is 11.7 Å². The number of carbonyl (C=O) groups excluding carboxylic acids is 2. The highest BCUT2D eigenvalue weighted by molar-refractivity contribution is 6.30. The molecule has 1 saturated heterocycles. The number of ether oxygens (including phenoxy) is 3. The molecule has 138 valence electrons. The van der Waals surface area contributed by atoms with Gasteiger partial charge in [-0.15, -0.1) is 0 Å². The highest BCUT2D eigenvalue weighted by atomic mass is 35.5. The molecule has 2 atom stereocenters. The van der Waals surface area contributed by atoms with Crippen molar-refractivity contribution in [1.82, 2.24) is 4.90 Å². The number of hydrogen-bond acceptors (Lipinski definition) is 5. The van der Waals surface area contributed by atoms with Gasteiger partial charge in [0.1, 0.15) is 17.5 Å². The van der Waals surface area contributed by atoms with Crippen molar-refractivity contribution in [2.24, 2.45) is 0 Å². The van der Waals surface area contributed by atoms with E-state index >= 15 is 0 Å². The van der Waals surface area contributed by atoms with Gasteiger partial charge in [0, 0.05) is 17.5 Å². The number of amides is 1. The Balaban J connectivity index is 2.07. The second-order valence-electron chi connectivity index (χ2n) is 7.00. The first kappa shape index (κ1) is 19.4. The second-order valence-corrected chi connectivity index (χ2v) is 7.43. The minimum atomic E-state index is -0.609. The van der Waals surface area contributed by atoms with Gasteiger partial charge in [0.05, 0.1) is 20.1 Å². The molecule has 0 unspecified atom stereocenters. The number of hydrogen-bond donors (Lipinski definition) is 0. The van der Waals surface area contributed by atoms with Crippen LogP contribution in [0.2, 0.25) is 5.02 Å². The molecule has 0 spiro atoms. The number of likely N-dealkylation sites (tertiary alicyclic amines) is 1. The van der Waals surface area contributed by atoms with Crippen molar-refractivity contribution in [1.29, 1.82) is 0 Å². The molecule has 0 aromatic heterocycles. The molecule has 1 aromatic rings. The molecule has 1 heterocycles. The number of halogens is 1. The molecule has 1 fully saturated rings. The number of benzene rings is 1. The fourth-order valence-corrected chi connectivity index (χ4v) is 2.80. The van der Waals surface area contributed by atoms with Gasteiger partial charge >= 0.3 is 12.1 Å². The highest BCUT2D eigenvalue weighted by Crippen LogP contribution is 2.27. The molecule has 0 saturated carbocycles. The summed E-state index contributed by atoms with van der Waals surface area (Å²) in [5.41, 5.74) is -0.609. The number of nitrogens with zero attached hydrogens (tertiary/aromatic N) is 1. The van der Waals surface area contributed by atoms with E-state index in [1.54, 1.807) is 49.9 Å². The van der Waals surface area contributed by atoms with Crippen molar-refractivity contribution in [2.75, 3.05) is 13.7 Å². The Morgan fingerprint density at radius 2 is 1.88 bits per heavy atom. The number of rotatable bonds is 4. The number of methoxy groups -OCH3 is 1. The predicted molar refractivity (Wildman–Crippen MR) is 93.8 cm³/mol. The van der Waals surface area contributed by atoms with Gasteiger partial charge in [0.25, 0.3) is 0 Å². The molecule has 0 N–H and O–H groups in total. The molecule has 0 radical (unpaired) electrons. The van der Waals surface area contributed by atoms with Crippen molar-refractivity contribution in [3.63, 3.8) is 0 Å². The average molecular weight is 370 g/mol. The summed E-state index contributed by atoms with van der Waals surface area (Å²) in [4.78, 5) is 25.7. The molecule has 1 aliphatic rings. The summed E-state index contributed by atoms with van der Waals surface area (Å²) < 4.78 is 16.1. The predicted octanol–water partition coefficient (Wildman–Crippen LogP) is 3.66. The van der Waals surface area contributed by atoms with E-state index in [-0.39, 0.29) is 24.5 Å². The van der Waals surface area contributed by atoms with Crippen LogP contribution in [0.25, 0.3) is 0 Å². The van der Waals surface area contributed by atoms with Gasteiger partial charge < -0.3 is 19.1 Å². The zero-order valence-corrected chi connectivity index (χ0v) is 15.7. The number of carbonyl (C=O) groups is 2. The van der Waals surface area contributed by atoms with Crippen LogP contribution in [0.1, 0.15) is 33.6 Å². The molecular weight excluding hydrogens is 346 g/mol. The molecule has 2 rings (SSSR count). The SMILES string of the molecule is COC(=O)C[C@H]1C[C@@H](Oc2ccc(Cl)cc2)CN1C(=O)OC(C)(C)C. The molecule has 6 nitrogen and oxygen atoms in total. The lowest BCUT2D eigenvalue weighted by Gasteiger charge is -2.27. The molecular formula is C18H24ClNO5. The topological polar surface area (TPSA) is 65.1 Å². The summed E-state index contributed by atoms with van der Waals surface area (Å²) in [6, 6.07) is 6.70. The van der Waals surface area contributed by atoms with E-state index in [4.69, 9.17) is 25.8 Å². The van der Waals surface area contributed by atoms with Gasteiger partial charge in [-0.05, 0) is 45.0 Å². The standard InChI is InChI=1S/C18H24ClNO5/c1-18(2,3)25-17(22)20-11-15(9-13(20)10-16(21)23-4)24-14-7-5-12(19)6-8-14/h5-8,13,15H,9-11H2,1-4H3/t13-,15-/m1/s1. The van der Waals surface area contributed by atoms with Gasteiger partial charge in [0.2, 0.25) is 0 Å². The minimum Gasteiger partial charge on any atom is -0.489 e. The highest BCUT2D eigenvalue weighted by Gasteiger charge is 2.39. The second kappa shape index (κ2) is 7.95. The van der Waals surface area contributed by atoms with E-state index in [2.05, 4.69) is 0 Å². The van der Waals surface area contributed by atoms with Gasteiger partial charge in [-0.3, -0.25) is 4.79 Å². The summed E-state index contributed by atoms with van der Waals surface area (Å²) in [5.74, 6) is 0.294. The van der Waals surface area contributed by atoms with Crippen LogP contribution in [0.4, 0.5) is 4.79 Å². The maximum absolute atomic E-state index is 12.5. The average Bonchev–Trinajstić information content (AvgIpc) is 2.90. The van der Waals surface area contributed by atoms with E-state index in [1.807, 2.05) is 0 Å². The summed E-state index contributed by atoms with van der Waals surface area (Å²) in [7, 11) is 1.33. The third-order valence-corrected chi connectivity index (χ3v) is 4.00. The first-order chi connectivity index (χ1) is 11.7. The van der Waals surface area contributed by atoms with Gasteiger partial charge in [-0.2, -0.15) is 0 Å². The van der Waals surface area contributed by atoms with Crippen molar-refractivity contribution < 1.29 is 23.8 Å². The molecule has 0 aliphatic carbocycles. The van der Waals surface area contributed by atoms with Crippen molar-refractivity contribution in [2.45, 2.75) is 51.4 Å². The third kappa shape index (κ3) is 5.81. The van der Waals surface area contributed by atoms with E-state index in [0.29, 0.717) is 23.7 Å². The lowest BCUT2D eigenvalue weighted by Crippen LogP contribution is -2.41. The Kier molecular flexibility index (Phi) is 6.16. The van der Waals surface area contributed by atoms with E-state index in [9.17, 15) is 9.59 Å². The maximum atomic E-state index is 12.5. The Morgan fingerprint density at radius 3 is 2.44 bits per heavy atom. The Bertz CT molecular complexity index is 611. The zero-order chi connectivity index (χ0) is 18.6. The number of esters is 1. The summed E-state index contributed by atoms with van der Waals surface area (Å²) >= 11 is 5.87. The third-order valence-electron chi connectivity index (χ3n) is 3.75. The monoisotopic (exact) mass is 369 g/mol. The summed E-state index contributed by atoms with van der Waals surface area (Å²) in [6.07, 6.45) is -0.0559. The van der Waals surface area contributed by atoms with Crippen molar-refractivity contribution in [3.8, 4) is 5.75 Å². The Morgan fingerprint density at radius 1 is 1.24 bits per heavy atom. The van der Waals surface area contributed by atoms with Gasteiger partial charge in [-0.1, -0.05) is 11.6 Å². The van der Waals surface area contributed by atoms with Crippen molar-refractivity contribution in [3.05, 3.63) is 29.3 Å². The Labute approximate surface area is 153 Å². The molecule has 25 heavy (non-hydrogen) atoms. The van der Waals surface area contributed by atoms with Gasteiger partial charge in [0.15, 0.2) is 0 Å². The Hall–Kier alpha value is -1.95. The summed E-state index contributed by atoms with van der Waals surface area (Å²) in [6.45, 7) is 5.76. The molecule has 7 heteroatoms. The van der Waals surface area contributed by atoms with Crippen LogP contribution in [0.5, 0.6) is 5.75 Å². The van der Waals surface area contributed by atoms with E-state index in [0.717, 1.165) is 0 Å². The van der Waals surface area contributed by atoms with Crippen LogP contribution >= 0.6 is 11.6 Å². The quantitative estimate of drug-likeness (QED) is 0.758. The zero-order valence-electron chi connectivity index (χ0n) is 15.0. The molecule has 1 amide bonds. The van der Waals surface area contributed by atoms with Crippen LogP contribution in [0.3, 0.4) is 0 Å². The first-order valence-corrected chi connectivity index (χ1v) is 8.54. The first-order valence-electron chi connectivity index (χ1n) is 8.16. The van der Waals surface area contributed by atoms with Crippen LogP contribution in [0.15, 0.2) is 24.3 Å². The van der Waals surface area contributed by atoms with E-state index in [1.165, 1.54) is 7.11 Å². The maximum Gasteiger partial charge on any atom is 0.410 e. The van der Waals surface area contributed by atoms with Crippen LogP contribution in [-0.4, -0.2) is 48.4 Å². The van der Waals surface area contributed by atoms with Crippen LogP contribution in [0, 0.1) is 0 Å². The summed E-state index contributed by atoms with van der Waals surface area (Å²) in [5, 5.41) is 0.623. The molecule has 1 aliphatic heterocycles. The molecule has 1 aromatic carbocycles. The largest absolute Gasteiger partial charge is 0.489 e. The lowest BCUT2D eigenvalue weighted by atomic mass is 10.1. The smallest absolute Gasteiger partial charge is 0.410 e. The van der Waals surface area contributed by atoms with Crippen molar-refractivity contribution >= 4 is 23.7 Å². The van der Waals surface area contributed by atoms with Gasteiger partial charge in [-0.25, -0.2) is 4.79 Å². The lowest BCUT2D eigenvalue weighted by molar-refractivity contribution is -0.141. The van der Waals surface area contributed by atoms with Crippen LogP contribution < -0.4 is 4.74 Å². The molecule has 0 bridgehead atoms.